The van der Waals surface area contributed by atoms with E-state index in [0.29, 0.717) is 42.7 Å². The number of nitrogens with one attached hydrogen (secondary N) is 1. The van der Waals surface area contributed by atoms with Crippen LogP contribution in [0.2, 0.25) is 0 Å². The molecule has 1 unspecified atom stereocenters. The van der Waals surface area contributed by atoms with Crippen molar-refractivity contribution >= 4 is 17.8 Å². The summed E-state index contributed by atoms with van der Waals surface area (Å²) in [6, 6.07) is 12.6. The van der Waals surface area contributed by atoms with Gasteiger partial charge >= 0.3 is 6.03 Å². The number of ether oxygens (including phenoxy) is 2. The van der Waals surface area contributed by atoms with Crippen molar-refractivity contribution < 1.29 is 23.9 Å². The fourth-order valence-corrected chi connectivity index (χ4v) is 4.04. The van der Waals surface area contributed by atoms with Gasteiger partial charge in [-0.3, -0.25) is 14.5 Å². The molecular formula is C25H29N3O5. The van der Waals surface area contributed by atoms with Crippen LogP contribution in [0.5, 0.6) is 11.5 Å². The van der Waals surface area contributed by atoms with E-state index in [1.807, 2.05) is 42.5 Å². The van der Waals surface area contributed by atoms with Crippen LogP contribution in [0, 0.1) is 0 Å². The van der Waals surface area contributed by atoms with Crippen LogP contribution in [-0.2, 0) is 21.7 Å². The van der Waals surface area contributed by atoms with Crippen LogP contribution in [0.15, 0.2) is 42.5 Å². The van der Waals surface area contributed by atoms with Gasteiger partial charge in [0.25, 0.3) is 5.91 Å². The third-order valence-corrected chi connectivity index (χ3v) is 6.18. The average molecular weight is 452 g/mol. The molecule has 4 rings (SSSR count). The molecular weight excluding hydrogens is 422 g/mol. The Hall–Kier alpha value is -3.55. The number of hydrogen-bond donors (Lipinski definition) is 1. The van der Waals surface area contributed by atoms with Gasteiger partial charge in [-0.05, 0) is 41.7 Å². The van der Waals surface area contributed by atoms with Gasteiger partial charge in [0.15, 0.2) is 11.5 Å². The summed E-state index contributed by atoms with van der Waals surface area (Å²) in [6.07, 6.45) is 0. The van der Waals surface area contributed by atoms with Crippen molar-refractivity contribution in [3.8, 4) is 11.5 Å². The second-order valence-corrected chi connectivity index (χ2v) is 8.95. The number of amides is 4. The van der Waals surface area contributed by atoms with Crippen molar-refractivity contribution in [1.82, 2.24) is 15.1 Å². The third kappa shape index (κ3) is 4.37. The number of hydrogen-bond acceptors (Lipinski definition) is 5. The van der Waals surface area contributed by atoms with Crippen LogP contribution < -0.4 is 14.8 Å². The molecule has 2 aromatic rings. The van der Waals surface area contributed by atoms with E-state index < -0.39 is 17.5 Å². The zero-order valence-corrected chi connectivity index (χ0v) is 19.4. The van der Waals surface area contributed by atoms with Gasteiger partial charge in [0.2, 0.25) is 5.91 Å². The van der Waals surface area contributed by atoms with Gasteiger partial charge in [-0.15, -0.1) is 0 Å². The molecule has 1 N–H and O–H groups in total. The average Bonchev–Trinajstić information content (AvgIpc) is 3.02. The first-order chi connectivity index (χ1) is 15.7. The van der Waals surface area contributed by atoms with Crippen LogP contribution >= 0.6 is 0 Å². The van der Waals surface area contributed by atoms with Crippen molar-refractivity contribution in [1.29, 1.82) is 0 Å². The van der Waals surface area contributed by atoms with Crippen molar-refractivity contribution in [2.24, 2.45) is 0 Å². The molecule has 0 spiro atoms. The topological polar surface area (TPSA) is 88.2 Å². The minimum Gasteiger partial charge on any atom is -0.486 e. The van der Waals surface area contributed by atoms with E-state index >= 15 is 0 Å². The van der Waals surface area contributed by atoms with Gasteiger partial charge in [0, 0.05) is 13.6 Å². The molecule has 1 atom stereocenters. The van der Waals surface area contributed by atoms with Crippen LogP contribution in [0.25, 0.3) is 0 Å². The molecule has 0 aliphatic carbocycles. The van der Waals surface area contributed by atoms with Gasteiger partial charge in [0.1, 0.15) is 25.3 Å². The molecule has 8 heteroatoms. The Labute approximate surface area is 193 Å². The highest BCUT2D eigenvalue weighted by Crippen LogP contribution is 2.32. The molecule has 174 valence electrons. The van der Waals surface area contributed by atoms with Crippen LogP contribution in [0.1, 0.15) is 43.4 Å². The normalized spacial score (nSPS) is 19.6. The summed E-state index contributed by atoms with van der Waals surface area (Å²) in [5.74, 6) is 0.908. The minimum absolute atomic E-state index is 0.313. The number of nitrogens with zero attached hydrogens (tertiary/aromatic N) is 2. The summed E-state index contributed by atoms with van der Waals surface area (Å²) in [4.78, 5) is 41.1. The SMILES string of the molecule is CC(C)c1ccc(C2(C)NC(=O)N(CC(=O)N(C)Cc3ccc4c(c3)OCCO4)C2=O)cc1. The number of carbonyl (C=O) groups is 3. The first-order valence-electron chi connectivity index (χ1n) is 11.1. The molecule has 0 aromatic heterocycles. The molecule has 0 radical (unpaired) electrons. The van der Waals surface area contributed by atoms with Crippen LogP contribution in [-0.4, -0.2) is 54.5 Å². The number of likely N-dealkylation sites (N-methyl/N-ethyl adjacent to an activating group) is 1. The van der Waals surface area contributed by atoms with E-state index in [9.17, 15) is 14.4 Å². The Morgan fingerprint density at radius 1 is 1.09 bits per heavy atom. The van der Waals surface area contributed by atoms with Crippen LogP contribution in [0.3, 0.4) is 0 Å². The maximum atomic E-state index is 13.2. The van der Waals surface area contributed by atoms with E-state index in [0.717, 1.165) is 16.0 Å². The van der Waals surface area contributed by atoms with Crippen molar-refractivity contribution in [2.45, 2.75) is 38.8 Å². The quantitative estimate of drug-likeness (QED) is 0.682. The Morgan fingerprint density at radius 2 is 1.76 bits per heavy atom. The lowest BCUT2D eigenvalue weighted by Crippen LogP contribution is -2.43. The molecule has 0 bridgehead atoms. The fourth-order valence-electron chi connectivity index (χ4n) is 4.04. The smallest absolute Gasteiger partial charge is 0.325 e. The summed E-state index contributed by atoms with van der Waals surface area (Å²) < 4.78 is 11.1. The highest BCUT2D eigenvalue weighted by atomic mass is 16.6. The van der Waals surface area contributed by atoms with E-state index in [1.165, 1.54) is 4.90 Å². The fraction of sp³-hybridized carbons (Fsp3) is 0.400. The summed E-state index contributed by atoms with van der Waals surface area (Å²) in [6.45, 7) is 6.83. The largest absolute Gasteiger partial charge is 0.486 e. The lowest BCUT2D eigenvalue weighted by atomic mass is 9.90. The van der Waals surface area contributed by atoms with Gasteiger partial charge in [-0.2, -0.15) is 0 Å². The molecule has 2 aliphatic rings. The predicted octanol–water partition coefficient (Wildman–Crippen LogP) is 3.01. The maximum Gasteiger partial charge on any atom is 0.325 e. The van der Waals surface area contributed by atoms with Gasteiger partial charge in [0.05, 0.1) is 0 Å². The molecule has 2 heterocycles. The lowest BCUT2D eigenvalue weighted by Gasteiger charge is -2.24. The Kier molecular flexibility index (Phi) is 6.01. The van der Waals surface area contributed by atoms with Crippen molar-refractivity contribution in [3.63, 3.8) is 0 Å². The molecule has 33 heavy (non-hydrogen) atoms. The first-order valence-corrected chi connectivity index (χ1v) is 11.1. The van der Waals surface area contributed by atoms with E-state index in [2.05, 4.69) is 19.2 Å². The van der Waals surface area contributed by atoms with Crippen LogP contribution in [0.4, 0.5) is 4.79 Å². The zero-order chi connectivity index (χ0) is 23.8. The molecule has 8 nitrogen and oxygen atoms in total. The zero-order valence-electron chi connectivity index (χ0n) is 19.4. The Balaban J connectivity index is 1.43. The predicted molar refractivity (Wildman–Crippen MR) is 122 cm³/mol. The third-order valence-electron chi connectivity index (χ3n) is 6.18. The highest BCUT2D eigenvalue weighted by molar-refractivity contribution is 6.09. The molecule has 2 aliphatic heterocycles. The number of rotatable bonds is 6. The second-order valence-electron chi connectivity index (χ2n) is 8.95. The van der Waals surface area contributed by atoms with Crippen molar-refractivity contribution in [3.05, 3.63) is 59.2 Å². The number of urea groups is 1. The molecule has 1 fully saturated rings. The molecule has 4 amide bonds. The number of imide groups is 1. The monoisotopic (exact) mass is 451 g/mol. The molecule has 0 saturated carbocycles. The highest BCUT2D eigenvalue weighted by Gasteiger charge is 2.49. The Bertz CT molecular complexity index is 1080. The summed E-state index contributed by atoms with van der Waals surface area (Å²) in [5.41, 5.74) is 1.49. The number of fused-ring (bicyclic) bond motifs is 1. The lowest BCUT2D eigenvalue weighted by molar-refractivity contribution is -0.138. The van der Waals surface area contributed by atoms with Crippen molar-refractivity contribution in [2.75, 3.05) is 26.8 Å². The summed E-state index contributed by atoms with van der Waals surface area (Å²) in [7, 11) is 1.64. The Morgan fingerprint density at radius 3 is 2.42 bits per heavy atom. The first kappa shape index (κ1) is 22.6. The number of benzene rings is 2. The summed E-state index contributed by atoms with van der Waals surface area (Å²) in [5, 5.41) is 2.76. The minimum atomic E-state index is -1.21. The number of carbonyl (C=O) groups excluding carboxylic acids is 3. The second kappa shape index (κ2) is 8.77. The molecule has 2 aromatic carbocycles. The van der Waals surface area contributed by atoms with Gasteiger partial charge in [-0.1, -0.05) is 44.2 Å². The van der Waals surface area contributed by atoms with Gasteiger partial charge in [-0.25, -0.2) is 4.79 Å². The van der Waals surface area contributed by atoms with E-state index in [4.69, 9.17) is 9.47 Å². The van der Waals surface area contributed by atoms with E-state index in [1.54, 1.807) is 14.0 Å². The van der Waals surface area contributed by atoms with E-state index in [-0.39, 0.29) is 12.5 Å². The van der Waals surface area contributed by atoms with Gasteiger partial charge < -0.3 is 19.7 Å². The molecule has 1 saturated heterocycles. The standard InChI is InChI=1S/C25H29N3O5/c1-16(2)18-6-8-19(9-7-18)25(3)23(30)28(24(31)26-25)15-22(29)27(4)14-17-5-10-20-21(13-17)33-12-11-32-20/h5-10,13,16H,11-12,14-15H2,1-4H3,(H,26,31). The maximum absolute atomic E-state index is 13.2. The summed E-state index contributed by atoms with van der Waals surface area (Å²) >= 11 is 0.